The first kappa shape index (κ1) is 20.4. The zero-order chi connectivity index (χ0) is 16.5. The Morgan fingerprint density at radius 1 is 1.00 bits per heavy atom. The standard InChI is InChI=1S/C18H20N2O3.Na/c1-2-3-4-14-5-7-15(8-6-14)19-20-16-9-11-17(12-10-16)23-13-18(21)22;/h5-12H,2-4,13H2,1H3,(H,21,22);/q;+1/p-1. The molecule has 0 radical (unpaired) electrons. The Kier molecular flexibility index (Phi) is 9.30. The molecule has 2 aromatic rings. The summed E-state index contributed by atoms with van der Waals surface area (Å²) in [6, 6.07) is 14.8. The number of aryl methyl sites for hydroxylation is 1. The molecule has 0 aliphatic carbocycles. The van der Waals surface area contributed by atoms with E-state index >= 15 is 0 Å². The third-order valence-electron chi connectivity index (χ3n) is 3.23. The van der Waals surface area contributed by atoms with Crippen molar-refractivity contribution >= 4 is 17.3 Å². The van der Waals surface area contributed by atoms with Gasteiger partial charge in [0.15, 0.2) is 0 Å². The fraction of sp³-hybridized carbons (Fsp3) is 0.278. The number of benzene rings is 2. The zero-order valence-electron chi connectivity index (χ0n) is 14.1. The zero-order valence-corrected chi connectivity index (χ0v) is 16.1. The second kappa shape index (κ2) is 11.0. The van der Waals surface area contributed by atoms with Crippen LogP contribution in [0.1, 0.15) is 25.3 Å². The molecule has 24 heavy (non-hydrogen) atoms. The molecule has 0 saturated heterocycles. The number of nitrogens with zero attached hydrogens (tertiary/aromatic N) is 2. The summed E-state index contributed by atoms with van der Waals surface area (Å²) in [5, 5.41) is 18.6. The summed E-state index contributed by atoms with van der Waals surface area (Å²) in [6.45, 7) is 1.71. The molecule has 0 spiro atoms. The fourth-order valence-corrected chi connectivity index (χ4v) is 1.98. The predicted molar refractivity (Wildman–Crippen MR) is 86.2 cm³/mol. The van der Waals surface area contributed by atoms with Crippen LogP contribution in [-0.2, 0) is 11.2 Å². The first-order valence-corrected chi connectivity index (χ1v) is 7.61. The molecule has 0 heterocycles. The number of ether oxygens (including phenoxy) is 1. The summed E-state index contributed by atoms with van der Waals surface area (Å²) in [7, 11) is 0. The second-order valence-corrected chi connectivity index (χ2v) is 5.12. The van der Waals surface area contributed by atoms with Crippen LogP contribution >= 0.6 is 0 Å². The van der Waals surface area contributed by atoms with Crippen LogP contribution in [-0.4, -0.2) is 12.6 Å². The van der Waals surface area contributed by atoms with Crippen LogP contribution in [0.2, 0.25) is 0 Å². The summed E-state index contributed by atoms with van der Waals surface area (Å²) in [5.74, 6) is -0.801. The van der Waals surface area contributed by atoms with Crippen LogP contribution in [0.3, 0.4) is 0 Å². The maximum Gasteiger partial charge on any atom is 1.00 e. The van der Waals surface area contributed by atoms with Crippen molar-refractivity contribution in [3.63, 3.8) is 0 Å². The minimum absolute atomic E-state index is 0. The van der Waals surface area contributed by atoms with Gasteiger partial charge in [-0.3, -0.25) is 0 Å². The molecular formula is C18H19N2NaO3. The Balaban J connectivity index is 0.00000288. The van der Waals surface area contributed by atoms with Crippen molar-refractivity contribution in [2.45, 2.75) is 26.2 Å². The summed E-state index contributed by atoms with van der Waals surface area (Å²) < 4.78 is 5.00. The van der Waals surface area contributed by atoms with Gasteiger partial charge in [0.05, 0.1) is 17.3 Å². The van der Waals surface area contributed by atoms with Gasteiger partial charge in [0.1, 0.15) is 12.4 Å². The van der Waals surface area contributed by atoms with Gasteiger partial charge < -0.3 is 14.6 Å². The average Bonchev–Trinajstić information content (AvgIpc) is 2.58. The molecule has 2 rings (SSSR count). The van der Waals surface area contributed by atoms with Gasteiger partial charge in [-0.2, -0.15) is 10.2 Å². The number of carboxylic acids is 1. The topological polar surface area (TPSA) is 74.1 Å². The number of carbonyl (C=O) groups is 1. The number of carboxylic acid groups (broad SMARTS) is 1. The van der Waals surface area contributed by atoms with E-state index in [-0.39, 0.29) is 29.6 Å². The molecular weight excluding hydrogens is 315 g/mol. The van der Waals surface area contributed by atoms with Crippen molar-refractivity contribution in [1.29, 1.82) is 0 Å². The van der Waals surface area contributed by atoms with E-state index in [2.05, 4.69) is 29.3 Å². The summed E-state index contributed by atoms with van der Waals surface area (Å²) in [4.78, 5) is 10.3. The number of carbonyl (C=O) groups excluding carboxylic acids is 1. The maximum absolute atomic E-state index is 10.3. The molecule has 0 aromatic heterocycles. The normalized spacial score (nSPS) is 10.4. The molecule has 0 N–H and O–H groups in total. The number of azo groups is 1. The monoisotopic (exact) mass is 334 g/mol. The molecule has 6 heteroatoms. The van der Waals surface area contributed by atoms with Crippen molar-refractivity contribution in [2.24, 2.45) is 10.2 Å². The van der Waals surface area contributed by atoms with Crippen LogP contribution < -0.4 is 39.4 Å². The van der Waals surface area contributed by atoms with Crippen LogP contribution in [0.4, 0.5) is 11.4 Å². The molecule has 0 unspecified atom stereocenters. The molecule has 0 aliphatic heterocycles. The first-order valence-electron chi connectivity index (χ1n) is 7.61. The molecule has 0 atom stereocenters. The number of unbranched alkanes of at least 4 members (excludes halogenated alkanes) is 1. The number of aliphatic carboxylic acids is 1. The minimum Gasteiger partial charge on any atom is -0.546 e. The predicted octanol–water partition coefficient (Wildman–Crippen LogP) is 0.577. The molecule has 0 amide bonds. The minimum atomic E-state index is -1.25. The van der Waals surface area contributed by atoms with E-state index < -0.39 is 12.6 Å². The van der Waals surface area contributed by atoms with Crippen molar-refractivity contribution in [1.82, 2.24) is 0 Å². The fourth-order valence-electron chi connectivity index (χ4n) is 1.98. The molecule has 0 aliphatic rings. The maximum atomic E-state index is 10.3. The number of hydrogen-bond acceptors (Lipinski definition) is 5. The Hall–Kier alpha value is -1.69. The van der Waals surface area contributed by atoms with Gasteiger partial charge in [-0.05, 0) is 54.8 Å². The smallest absolute Gasteiger partial charge is 0.546 e. The van der Waals surface area contributed by atoms with Crippen LogP contribution in [0.25, 0.3) is 0 Å². The van der Waals surface area contributed by atoms with Crippen molar-refractivity contribution in [2.75, 3.05) is 6.61 Å². The Morgan fingerprint density at radius 3 is 2.04 bits per heavy atom. The quantitative estimate of drug-likeness (QED) is 0.523. The van der Waals surface area contributed by atoms with Gasteiger partial charge in [0, 0.05) is 0 Å². The van der Waals surface area contributed by atoms with Gasteiger partial charge in [-0.15, -0.1) is 0 Å². The summed E-state index contributed by atoms with van der Waals surface area (Å²) in [5.41, 5.74) is 2.77. The van der Waals surface area contributed by atoms with Crippen LogP contribution in [0.15, 0.2) is 58.8 Å². The van der Waals surface area contributed by atoms with Gasteiger partial charge >= 0.3 is 29.6 Å². The summed E-state index contributed by atoms with van der Waals surface area (Å²) >= 11 is 0. The van der Waals surface area contributed by atoms with Crippen molar-refractivity contribution in [3.05, 3.63) is 54.1 Å². The molecule has 0 bridgehead atoms. The Bertz CT molecular complexity index is 655. The van der Waals surface area contributed by atoms with E-state index in [9.17, 15) is 9.90 Å². The van der Waals surface area contributed by atoms with Gasteiger partial charge in [-0.25, -0.2) is 0 Å². The average molecular weight is 334 g/mol. The first-order chi connectivity index (χ1) is 11.2. The van der Waals surface area contributed by atoms with Gasteiger partial charge in [0.2, 0.25) is 0 Å². The molecule has 0 fully saturated rings. The number of rotatable bonds is 8. The van der Waals surface area contributed by atoms with E-state index in [0.29, 0.717) is 11.4 Å². The molecule has 2 aromatic carbocycles. The van der Waals surface area contributed by atoms with E-state index in [1.165, 1.54) is 18.4 Å². The van der Waals surface area contributed by atoms with E-state index in [1.807, 2.05) is 12.1 Å². The van der Waals surface area contributed by atoms with Crippen molar-refractivity contribution in [3.8, 4) is 5.75 Å². The molecule has 5 nitrogen and oxygen atoms in total. The molecule has 120 valence electrons. The Labute approximate surface area is 164 Å². The SMILES string of the molecule is CCCCc1ccc(N=Nc2ccc(OCC(=O)[O-])cc2)cc1.[Na+]. The van der Waals surface area contributed by atoms with Crippen LogP contribution in [0, 0.1) is 0 Å². The largest absolute Gasteiger partial charge is 1.00 e. The van der Waals surface area contributed by atoms with Gasteiger partial charge in [0.25, 0.3) is 0 Å². The van der Waals surface area contributed by atoms with Crippen LogP contribution in [0.5, 0.6) is 5.75 Å². The number of hydrogen-bond donors (Lipinski definition) is 0. The van der Waals surface area contributed by atoms with Gasteiger partial charge in [-0.1, -0.05) is 25.5 Å². The summed E-state index contributed by atoms with van der Waals surface area (Å²) in [6.07, 6.45) is 3.46. The third kappa shape index (κ3) is 7.25. The third-order valence-corrected chi connectivity index (χ3v) is 3.23. The van der Waals surface area contributed by atoms with E-state index in [4.69, 9.17) is 4.74 Å². The molecule has 0 saturated carbocycles. The van der Waals surface area contributed by atoms with Crippen molar-refractivity contribution < 1.29 is 44.2 Å². The second-order valence-electron chi connectivity index (χ2n) is 5.12. The Morgan fingerprint density at radius 2 is 1.54 bits per heavy atom. The van der Waals surface area contributed by atoms with E-state index in [0.717, 1.165) is 12.1 Å². The van der Waals surface area contributed by atoms with E-state index in [1.54, 1.807) is 24.3 Å².